The molecule has 112 valence electrons. The first-order valence-corrected chi connectivity index (χ1v) is 6.59. The van der Waals surface area contributed by atoms with Gasteiger partial charge in [0.25, 0.3) is 0 Å². The van der Waals surface area contributed by atoms with E-state index in [4.69, 9.17) is 15.2 Å². The van der Waals surface area contributed by atoms with Gasteiger partial charge in [-0.05, 0) is 31.9 Å². The zero-order chi connectivity index (χ0) is 15.0. The van der Waals surface area contributed by atoms with Crippen molar-refractivity contribution in [1.29, 1.82) is 0 Å². The lowest BCUT2D eigenvalue weighted by molar-refractivity contribution is 0.0527. The molecular weight excluding hydrogens is 263 g/mol. The van der Waals surface area contributed by atoms with E-state index in [1.165, 1.54) is 6.07 Å². The monoisotopic (exact) mass is 284 g/mol. The van der Waals surface area contributed by atoms with Gasteiger partial charge in [-0.1, -0.05) is 0 Å². The molecule has 5 nitrogen and oxygen atoms in total. The van der Waals surface area contributed by atoms with Crippen LogP contribution in [-0.2, 0) is 9.47 Å². The summed E-state index contributed by atoms with van der Waals surface area (Å²) >= 11 is 0. The van der Waals surface area contributed by atoms with Crippen LogP contribution in [-0.4, -0.2) is 32.8 Å². The van der Waals surface area contributed by atoms with Crippen LogP contribution in [0.1, 0.15) is 30.1 Å². The summed E-state index contributed by atoms with van der Waals surface area (Å²) in [7, 11) is 1.64. The smallest absolute Gasteiger partial charge is 0.340 e. The van der Waals surface area contributed by atoms with E-state index in [1.807, 2.05) is 0 Å². The number of ether oxygens (including phenoxy) is 2. The first kappa shape index (κ1) is 16.2. The topological polar surface area (TPSA) is 73.6 Å². The summed E-state index contributed by atoms with van der Waals surface area (Å²) in [6, 6.07) is 2.52. The van der Waals surface area contributed by atoms with Gasteiger partial charge < -0.3 is 20.5 Å². The summed E-state index contributed by atoms with van der Waals surface area (Å²) in [6.07, 6.45) is 1.72. The molecule has 0 heterocycles. The van der Waals surface area contributed by atoms with E-state index in [1.54, 1.807) is 14.0 Å². The molecule has 0 aromatic heterocycles. The molecule has 1 rings (SSSR count). The number of anilines is 2. The molecule has 1 aromatic rings. The molecule has 0 saturated heterocycles. The minimum atomic E-state index is -0.549. The largest absolute Gasteiger partial charge is 0.462 e. The van der Waals surface area contributed by atoms with E-state index < -0.39 is 11.8 Å². The normalized spacial score (nSPS) is 10.3. The second-order valence-electron chi connectivity index (χ2n) is 4.27. The van der Waals surface area contributed by atoms with Gasteiger partial charge in [0, 0.05) is 25.9 Å². The Bertz CT molecular complexity index is 452. The molecule has 0 fully saturated rings. The SMILES string of the molecule is CCOC(=O)c1cc(NCCCCOC)c(F)cc1N. The van der Waals surface area contributed by atoms with E-state index >= 15 is 0 Å². The molecule has 20 heavy (non-hydrogen) atoms. The quantitative estimate of drug-likeness (QED) is 0.436. The first-order valence-electron chi connectivity index (χ1n) is 6.59. The van der Waals surface area contributed by atoms with E-state index in [0.29, 0.717) is 13.2 Å². The molecule has 0 amide bonds. The fraction of sp³-hybridized carbons (Fsp3) is 0.500. The maximum atomic E-state index is 13.7. The highest BCUT2D eigenvalue weighted by molar-refractivity contribution is 5.96. The lowest BCUT2D eigenvalue weighted by atomic mass is 10.1. The molecule has 6 heteroatoms. The number of nitrogen functional groups attached to an aromatic ring is 1. The number of benzene rings is 1. The summed E-state index contributed by atoms with van der Waals surface area (Å²) in [5, 5.41) is 2.94. The Morgan fingerprint density at radius 3 is 2.80 bits per heavy atom. The summed E-state index contributed by atoms with van der Waals surface area (Å²) in [4.78, 5) is 11.7. The van der Waals surface area contributed by atoms with Gasteiger partial charge in [0.1, 0.15) is 5.82 Å². The van der Waals surface area contributed by atoms with Crippen molar-refractivity contribution in [2.24, 2.45) is 0 Å². The van der Waals surface area contributed by atoms with Crippen molar-refractivity contribution in [1.82, 2.24) is 0 Å². The van der Waals surface area contributed by atoms with Crippen molar-refractivity contribution in [3.05, 3.63) is 23.5 Å². The minimum absolute atomic E-state index is 0.0749. The molecule has 0 saturated carbocycles. The molecule has 0 spiro atoms. The molecule has 0 bridgehead atoms. The first-order chi connectivity index (χ1) is 9.60. The maximum absolute atomic E-state index is 13.7. The number of halogens is 1. The molecule has 0 aliphatic rings. The number of rotatable bonds is 8. The second kappa shape index (κ2) is 8.37. The molecule has 0 unspecified atom stereocenters. The third kappa shape index (κ3) is 4.70. The number of esters is 1. The third-order valence-electron chi connectivity index (χ3n) is 2.73. The summed E-state index contributed by atoms with van der Waals surface area (Å²) in [5.41, 5.74) is 6.13. The molecular formula is C14H21FN2O3. The average molecular weight is 284 g/mol. The number of nitrogens with one attached hydrogen (secondary N) is 1. The van der Waals surface area contributed by atoms with Crippen LogP contribution in [0.5, 0.6) is 0 Å². The average Bonchev–Trinajstić information content (AvgIpc) is 2.40. The molecule has 0 radical (unpaired) electrons. The Kier molecular flexibility index (Phi) is 6.79. The number of methoxy groups -OCH3 is 1. The van der Waals surface area contributed by atoms with E-state index in [9.17, 15) is 9.18 Å². The lowest BCUT2D eigenvalue weighted by Gasteiger charge is -2.11. The Morgan fingerprint density at radius 1 is 1.40 bits per heavy atom. The van der Waals surface area contributed by atoms with Gasteiger partial charge in [0.2, 0.25) is 0 Å². The van der Waals surface area contributed by atoms with Crippen molar-refractivity contribution >= 4 is 17.3 Å². The lowest BCUT2D eigenvalue weighted by Crippen LogP contribution is -2.11. The highest BCUT2D eigenvalue weighted by Gasteiger charge is 2.14. The fourth-order valence-corrected chi connectivity index (χ4v) is 1.70. The van der Waals surface area contributed by atoms with Gasteiger partial charge in [0.05, 0.1) is 17.9 Å². The van der Waals surface area contributed by atoms with Crippen LogP contribution in [0.4, 0.5) is 15.8 Å². The van der Waals surface area contributed by atoms with Gasteiger partial charge in [-0.3, -0.25) is 0 Å². The van der Waals surface area contributed by atoms with E-state index in [2.05, 4.69) is 5.32 Å². The summed E-state index contributed by atoms with van der Waals surface area (Å²) < 4.78 is 23.5. The summed E-state index contributed by atoms with van der Waals surface area (Å²) in [6.45, 7) is 3.20. The highest BCUT2D eigenvalue weighted by atomic mass is 19.1. The van der Waals surface area contributed by atoms with E-state index in [-0.39, 0.29) is 23.5 Å². The van der Waals surface area contributed by atoms with Crippen LogP contribution in [0.25, 0.3) is 0 Å². The number of nitrogens with two attached hydrogens (primary N) is 1. The van der Waals surface area contributed by atoms with Gasteiger partial charge in [-0.2, -0.15) is 0 Å². The van der Waals surface area contributed by atoms with Crippen molar-refractivity contribution in [2.45, 2.75) is 19.8 Å². The zero-order valence-electron chi connectivity index (χ0n) is 11.9. The maximum Gasteiger partial charge on any atom is 0.340 e. The van der Waals surface area contributed by atoms with Crippen LogP contribution in [0.3, 0.4) is 0 Å². The predicted octanol–water partition coefficient (Wildman–Crippen LogP) is 2.42. The number of carbonyl (C=O) groups is 1. The molecule has 3 N–H and O–H groups in total. The van der Waals surface area contributed by atoms with Gasteiger partial charge in [0.15, 0.2) is 0 Å². The van der Waals surface area contributed by atoms with Crippen molar-refractivity contribution < 1.29 is 18.7 Å². The second-order valence-corrected chi connectivity index (χ2v) is 4.27. The fourth-order valence-electron chi connectivity index (χ4n) is 1.70. The minimum Gasteiger partial charge on any atom is -0.462 e. The van der Waals surface area contributed by atoms with Gasteiger partial charge >= 0.3 is 5.97 Å². The Morgan fingerprint density at radius 2 is 2.15 bits per heavy atom. The van der Waals surface area contributed by atoms with Crippen molar-refractivity contribution in [3.63, 3.8) is 0 Å². The number of carbonyl (C=O) groups excluding carboxylic acids is 1. The molecule has 0 aliphatic heterocycles. The van der Waals surface area contributed by atoms with Crippen LogP contribution < -0.4 is 11.1 Å². The van der Waals surface area contributed by atoms with Crippen LogP contribution >= 0.6 is 0 Å². The van der Waals surface area contributed by atoms with Crippen molar-refractivity contribution in [3.8, 4) is 0 Å². The molecule has 0 aliphatic carbocycles. The Balaban J connectivity index is 2.70. The van der Waals surface area contributed by atoms with Crippen molar-refractivity contribution in [2.75, 3.05) is 37.9 Å². The number of hydrogen-bond acceptors (Lipinski definition) is 5. The van der Waals surface area contributed by atoms with E-state index in [0.717, 1.165) is 18.9 Å². The van der Waals surface area contributed by atoms with Gasteiger partial charge in [-0.15, -0.1) is 0 Å². The standard InChI is InChI=1S/C14H21FN2O3/c1-3-20-14(18)10-8-13(11(15)9-12(10)16)17-6-4-5-7-19-2/h8-9,17H,3-7,16H2,1-2H3. The van der Waals surface area contributed by atoms with Crippen LogP contribution in [0.15, 0.2) is 12.1 Å². The summed E-state index contributed by atoms with van der Waals surface area (Å²) in [5.74, 6) is -1.03. The number of hydrogen-bond donors (Lipinski definition) is 2. The number of unbranched alkanes of at least 4 members (excludes halogenated alkanes) is 1. The molecule has 1 aromatic carbocycles. The Labute approximate surface area is 118 Å². The predicted molar refractivity (Wildman–Crippen MR) is 76.4 cm³/mol. The van der Waals surface area contributed by atoms with Gasteiger partial charge in [-0.25, -0.2) is 9.18 Å². The third-order valence-corrected chi connectivity index (χ3v) is 2.73. The van der Waals surface area contributed by atoms with Crippen LogP contribution in [0.2, 0.25) is 0 Å². The molecule has 0 atom stereocenters. The Hall–Kier alpha value is -1.82. The highest BCUT2D eigenvalue weighted by Crippen LogP contribution is 2.23. The zero-order valence-corrected chi connectivity index (χ0v) is 11.9. The van der Waals surface area contributed by atoms with Crippen LogP contribution in [0, 0.1) is 5.82 Å².